The van der Waals surface area contributed by atoms with Gasteiger partial charge in [0.2, 0.25) is 94.5 Å². The number of carboxylic acids is 3. The monoisotopic (exact) mass is 1630 g/mol. The maximum atomic E-state index is 14.6. The minimum Gasteiger partial charge on any atom is -0.481 e. The van der Waals surface area contributed by atoms with E-state index in [1.54, 1.807) is 13.8 Å². The largest absolute Gasteiger partial charge is 0.481 e. The van der Waals surface area contributed by atoms with E-state index in [9.17, 15) is 127 Å². The summed E-state index contributed by atoms with van der Waals surface area (Å²) < 4.78 is 0. The molecule has 0 aliphatic carbocycles. The molecule has 640 valence electrons. The summed E-state index contributed by atoms with van der Waals surface area (Å²) in [5.74, 6) is -18.2. The molecule has 0 radical (unpaired) electrons. The lowest BCUT2D eigenvalue weighted by Crippen LogP contribution is -2.63. The van der Waals surface area contributed by atoms with Gasteiger partial charge in [0.25, 0.3) is 0 Å². The molecule has 7 heterocycles. The molecular formula is C72H111N17O26. The maximum Gasteiger partial charge on any atom is 0.328 e. The van der Waals surface area contributed by atoms with Crippen LogP contribution in [0.3, 0.4) is 0 Å². The first-order valence-corrected chi connectivity index (χ1v) is 39.1. The van der Waals surface area contributed by atoms with Crippen LogP contribution >= 0.6 is 0 Å². The molecule has 7 fully saturated rings. The molecule has 7 aliphatic rings. The van der Waals surface area contributed by atoms with Crippen LogP contribution in [0.4, 0.5) is 0 Å². The zero-order valence-electron chi connectivity index (χ0n) is 65.5. The van der Waals surface area contributed by atoms with Crippen LogP contribution in [0.1, 0.15) is 158 Å². The SMILES string of the molecule is CC(C)[C@H](NC(=O)[C@@H]1CCCN1C(=O)[C@@H]1CCCN1C(=O)[C@H](C)NC(=O)[C@@H]1CCCN1C(=O)[C@H](CCC(=O)O)NC(=O)[C@@H]1CCCN1C(=O)[C@@H](N)CC(=O)O)C(=O)N1CCC[C@H]1C(=O)N[C@H](C(=O)N[C@H](C(=O)N[C@@H](C)C(=O)N[C@@H](C)C(=O)N[C@@H](CO)C(=O)N1CCC[C@H]1C(=O)N1CCC[C@H]1C(=O)N[C@@H](CO)C(=O)O)[C@@H](C)O)[C@@H](C)O. The number of nitrogens with two attached hydrogens (primary N) is 1. The van der Waals surface area contributed by atoms with Gasteiger partial charge in [0.15, 0.2) is 0 Å². The Kier molecular flexibility index (Phi) is 33.0. The summed E-state index contributed by atoms with van der Waals surface area (Å²) in [6.45, 7) is 7.80. The summed E-state index contributed by atoms with van der Waals surface area (Å²) in [4.78, 5) is 265. The van der Waals surface area contributed by atoms with Crippen molar-refractivity contribution in [3.63, 3.8) is 0 Å². The molecule has 7 aliphatic heterocycles. The Labute approximate surface area is 662 Å². The van der Waals surface area contributed by atoms with Gasteiger partial charge in [0.05, 0.1) is 37.9 Å². The van der Waals surface area contributed by atoms with Gasteiger partial charge in [0.1, 0.15) is 96.7 Å². The Morgan fingerprint density at radius 2 is 0.670 bits per heavy atom. The van der Waals surface area contributed by atoms with Gasteiger partial charge in [-0.3, -0.25) is 86.3 Å². The van der Waals surface area contributed by atoms with Crippen LogP contribution in [0.25, 0.3) is 0 Å². The Morgan fingerprint density at radius 3 is 1.09 bits per heavy atom. The third-order valence-corrected chi connectivity index (χ3v) is 22.0. The van der Waals surface area contributed by atoms with E-state index in [4.69, 9.17) is 5.73 Å². The number of amides is 16. The van der Waals surface area contributed by atoms with Crippen LogP contribution in [0, 0.1) is 5.92 Å². The van der Waals surface area contributed by atoms with Crippen LogP contribution in [0.5, 0.6) is 0 Å². The van der Waals surface area contributed by atoms with Crippen molar-refractivity contribution in [2.75, 3.05) is 59.0 Å². The third kappa shape index (κ3) is 22.9. The zero-order chi connectivity index (χ0) is 85.3. The van der Waals surface area contributed by atoms with Gasteiger partial charge in [-0.15, -0.1) is 0 Å². The predicted molar refractivity (Wildman–Crippen MR) is 395 cm³/mol. The van der Waals surface area contributed by atoms with Gasteiger partial charge in [0, 0.05) is 52.2 Å². The molecule has 0 aromatic rings. The van der Waals surface area contributed by atoms with E-state index < -0.39 is 266 Å². The number of aliphatic carboxylic acids is 3. The van der Waals surface area contributed by atoms with Crippen molar-refractivity contribution >= 4 is 112 Å². The third-order valence-electron chi connectivity index (χ3n) is 22.0. The van der Waals surface area contributed by atoms with Gasteiger partial charge < -0.3 is 124 Å². The first-order chi connectivity index (χ1) is 54.2. The van der Waals surface area contributed by atoms with E-state index in [0.717, 1.165) is 23.6 Å². The molecule has 0 aromatic carbocycles. The second-order valence-corrected chi connectivity index (χ2v) is 30.7. The number of hydrogen-bond acceptors (Lipinski definition) is 24. The first kappa shape index (κ1) is 91.9. The normalized spacial score (nSPS) is 23.8. The van der Waals surface area contributed by atoms with Gasteiger partial charge in [-0.1, -0.05) is 13.8 Å². The van der Waals surface area contributed by atoms with E-state index >= 15 is 0 Å². The van der Waals surface area contributed by atoms with Gasteiger partial charge in [-0.2, -0.15) is 0 Å². The smallest absolute Gasteiger partial charge is 0.328 e. The zero-order valence-corrected chi connectivity index (χ0v) is 65.5. The average molecular weight is 1630 g/mol. The van der Waals surface area contributed by atoms with Crippen molar-refractivity contribution in [3.8, 4) is 0 Å². The average Bonchev–Trinajstić information content (AvgIpc) is 1.67. The summed E-state index contributed by atoms with van der Waals surface area (Å²) in [6, 6.07) is -23.5. The van der Waals surface area contributed by atoms with Crippen LogP contribution in [-0.4, -0.2) is 356 Å². The number of carbonyl (C=O) groups is 19. The second-order valence-electron chi connectivity index (χ2n) is 30.7. The molecule has 19 atom stereocenters. The molecule has 0 spiro atoms. The number of aliphatic hydroxyl groups excluding tert-OH is 4. The van der Waals surface area contributed by atoms with Crippen molar-refractivity contribution in [3.05, 3.63) is 0 Å². The Balaban J connectivity index is 0.897. The Hall–Kier alpha value is -10.3. The number of aliphatic hydroxyl groups is 4. The highest BCUT2D eigenvalue weighted by molar-refractivity contribution is 6.02. The van der Waals surface area contributed by atoms with Crippen LogP contribution in [-0.2, 0) is 91.1 Å². The van der Waals surface area contributed by atoms with Crippen molar-refractivity contribution in [1.29, 1.82) is 0 Å². The molecule has 16 amide bonds. The van der Waals surface area contributed by atoms with Crippen molar-refractivity contribution < 1.29 is 127 Å². The van der Waals surface area contributed by atoms with Crippen molar-refractivity contribution in [2.45, 2.75) is 273 Å². The molecule has 0 unspecified atom stereocenters. The van der Waals surface area contributed by atoms with Crippen molar-refractivity contribution in [2.24, 2.45) is 11.7 Å². The molecule has 7 rings (SSSR count). The number of nitrogens with one attached hydrogen (secondary N) is 9. The van der Waals surface area contributed by atoms with Gasteiger partial charge >= 0.3 is 17.9 Å². The van der Waals surface area contributed by atoms with E-state index in [2.05, 4.69) is 47.9 Å². The number of nitrogens with zero attached hydrogens (tertiary/aromatic N) is 7. The van der Waals surface area contributed by atoms with E-state index in [0.29, 0.717) is 38.5 Å². The molecular weight excluding hydrogens is 1520 g/mol. The second kappa shape index (κ2) is 41.3. The topological polar surface area (TPSA) is 623 Å². The fraction of sp³-hybridized carbons (Fsp3) is 0.736. The van der Waals surface area contributed by atoms with Crippen LogP contribution < -0.4 is 53.6 Å². The van der Waals surface area contributed by atoms with Crippen molar-refractivity contribution in [1.82, 2.24) is 82.2 Å². The highest BCUT2D eigenvalue weighted by Crippen LogP contribution is 2.30. The molecule has 115 heavy (non-hydrogen) atoms. The fourth-order valence-corrected chi connectivity index (χ4v) is 15.7. The molecule has 43 nitrogen and oxygen atoms in total. The molecule has 18 N–H and O–H groups in total. The Morgan fingerprint density at radius 1 is 0.339 bits per heavy atom. The summed E-state index contributed by atoms with van der Waals surface area (Å²) >= 11 is 0. The molecule has 7 saturated heterocycles. The molecule has 0 aromatic heterocycles. The first-order valence-electron chi connectivity index (χ1n) is 39.1. The highest BCUT2D eigenvalue weighted by atomic mass is 16.4. The lowest BCUT2D eigenvalue weighted by molar-refractivity contribution is -0.149. The quantitative estimate of drug-likeness (QED) is 0.0277. The predicted octanol–water partition coefficient (Wildman–Crippen LogP) is -8.50. The fourth-order valence-electron chi connectivity index (χ4n) is 15.7. The van der Waals surface area contributed by atoms with Crippen LogP contribution in [0.15, 0.2) is 0 Å². The standard InChI is InChI=1S/C72H111N17O26/c1-34(2)53(80-61(103)47-18-11-27-86(47)69(111)49-20-13-29-88(49)65(107)37(5)76-58(100)44-15-9-25-84(44)67(109)41(22-23-51(94)95)77-59(101)45-16-8-24-83(45)66(108)40(73)31-52(96)97)71(113)87-28-12-19-48(87)62(104)81-55(39(7)93)64(106)82-54(38(6)92)63(105)75-35(3)56(98)74-36(4)57(99)78-42(32-90)68(110)89-30-14-21-50(89)70(112)85-26-10-17-46(85)60(102)79-43(33-91)72(114)115/h34-50,53-55,90-93H,8-33,73H2,1-7H3,(H,74,98)(H,75,105)(H,76,100)(H,77,101)(H,78,99)(H,79,102)(H,80,103)(H,81,104)(H,82,106)(H,94,95)(H,96,97)(H,114,115)/t35-,36-,37-,38+,39+,40-,41-,42-,43-,44-,45-,46-,47-,48-,49-,50-,53-,54-,55-/m0/s1. The van der Waals surface area contributed by atoms with Gasteiger partial charge in [-0.25, -0.2) is 4.79 Å². The minimum atomic E-state index is -1.86. The summed E-state index contributed by atoms with van der Waals surface area (Å²) in [6.07, 6.45) is -1.79. The molecule has 0 saturated carbocycles. The highest BCUT2D eigenvalue weighted by Gasteiger charge is 2.50. The summed E-state index contributed by atoms with van der Waals surface area (Å²) in [5, 5.41) is 91.3. The van der Waals surface area contributed by atoms with Gasteiger partial charge in [-0.05, 0) is 137 Å². The minimum absolute atomic E-state index is 0.00190. The van der Waals surface area contributed by atoms with E-state index in [-0.39, 0.29) is 97.2 Å². The summed E-state index contributed by atoms with van der Waals surface area (Å²) in [5.41, 5.74) is 5.81. The lowest BCUT2D eigenvalue weighted by Gasteiger charge is -2.34. The molecule has 0 bridgehead atoms. The van der Waals surface area contributed by atoms with E-state index in [1.165, 1.54) is 45.3 Å². The number of hydrogen-bond donors (Lipinski definition) is 17. The number of likely N-dealkylation sites (tertiary alicyclic amines) is 7. The maximum absolute atomic E-state index is 14.6. The number of carboxylic acid groups (broad SMARTS) is 3. The van der Waals surface area contributed by atoms with Crippen LogP contribution in [0.2, 0.25) is 0 Å². The lowest BCUT2D eigenvalue weighted by atomic mass is 10.0. The van der Waals surface area contributed by atoms with E-state index in [1.807, 2.05) is 0 Å². The Bertz CT molecular complexity index is 3680. The molecule has 43 heteroatoms. The number of rotatable bonds is 36. The summed E-state index contributed by atoms with van der Waals surface area (Å²) in [7, 11) is 0. The number of carbonyl (C=O) groups excluding carboxylic acids is 16.